The van der Waals surface area contributed by atoms with Gasteiger partial charge in [0.1, 0.15) is 12.4 Å². The van der Waals surface area contributed by atoms with Gasteiger partial charge in [0.25, 0.3) is 5.91 Å². The number of methoxy groups -OCH3 is 1. The van der Waals surface area contributed by atoms with Gasteiger partial charge in [0.05, 0.1) is 18.4 Å². The van der Waals surface area contributed by atoms with Gasteiger partial charge in [0.2, 0.25) is 0 Å². The Hall–Kier alpha value is -1.59. The maximum absolute atomic E-state index is 12.0. The van der Waals surface area contributed by atoms with Crippen molar-refractivity contribution < 1.29 is 14.3 Å². The number of hydrogen-bond donors (Lipinski definition) is 2. The minimum atomic E-state index is -0.254. The third-order valence-electron chi connectivity index (χ3n) is 3.49. The lowest BCUT2D eigenvalue weighted by Gasteiger charge is -2.33. The minimum absolute atomic E-state index is 0.0518. The molecular formula is C15H22N2O3. The lowest BCUT2D eigenvalue weighted by atomic mass is 9.96. The molecule has 110 valence electrons. The predicted molar refractivity (Wildman–Crippen MR) is 78.1 cm³/mol. The van der Waals surface area contributed by atoms with E-state index in [-0.39, 0.29) is 18.1 Å². The molecule has 1 saturated heterocycles. The summed E-state index contributed by atoms with van der Waals surface area (Å²) in [6.07, 6.45) is 2.05. The summed E-state index contributed by atoms with van der Waals surface area (Å²) in [5.41, 5.74) is 0.409. The van der Waals surface area contributed by atoms with Crippen LogP contribution >= 0.6 is 0 Å². The van der Waals surface area contributed by atoms with Crippen molar-refractivity contribution in [1.82, 2.24) is 5.32 Å². The van der Waals surface area contributed by atoms with Crippen LogP contribution in [0, 0.1) is 0 Å². The van der Waals surface area contributed by atoms with E-state index in [2.05, 4.69) is 10.6 Å². The number of rotatable bonds is 5. The normalized spacial score (nSPS) is 22.3. The Labute approximate surface area is 119 Å². The summed E-state index contributed by atoms with van der Waals surface area (Å²) in [4.78, 5) is 12.0. The fourth-order valence-electron chi connectivity index (χ4n) is 2.33. The van der Waals surface area contributed by atoms with Gasteiger partial charge in [-0.1, -0.05) is 12.1 Å². The maximum Gasteiger partial charge on any atom is 0.250 e. The van der Waals surface area contributed by atoms with Crippen molar-refractivity contribution in [2.24, 2.45) is 0 Å². The zero-order valence-corrected chi connectivity index (χ0v) is 12.1. The third kappa shape index (κ3) is 3.95. The molecule has 1 amide bonds. The first-order chi connectivity index (χ1) is 9.63. The number of carbonyl (C=O) groups excluding carboxylic acids is 1. The van der Waals surface area contributed by atoms with Gasteiger partial charge in [0, 0.05) is 6.54 Å². The van der Waals surface area contributed by atoms with Crippen LogP contribution in [0.25, 0.3) is 0 Å². The molecule has 0 aliphatic carbocycles. The number of carbonyl (C=O) groups is 1. The summed E-state index contributed by atoms with van der Waals surface area (Å²) in [5, 5.41) is 6.10. The van der Waals surface area contributed by atoms with Crippen LogP contribution in [0.5, 0.6) is 5.75 Å². The van der Waals surface area contributed by atoms with Crippen LogP contribution in [-0.4, -0.2) is 38.3 Å². The summed E-state index contributed by atoms with van der Waals surface area (Å²) in [6, 6.07) is 7.33. The van der Waals surface area contributed by atoms with E-state index in [1.54, 1.807) is 13.2 Å². The molecular weight excluding hydrogens is 256 g/mol. The molecule has 0 aromatic heterocycles. The number of piperidine rings is 1. The van der Waals surface area contributed by atoms with Gasteiger partial charge in [-0.2, -0.15) is 0 Å². The van der Waals surface area contributed by atoms with E-state index in [4.69, 9.17) is 9.47 Å². The molecule has 0 radical (unpaired) electrons. The smallest absolute Gasteiger partial charge is 0.250 e. The molecule has 0 spiro atoms. The SMILES string of the molecule is COc1ccccc1NC(=O)COC1(C)CCCNC1. The highest BCUT2D eigenvalue weighted by atomic mass is 16.5. The summed E-state index contributed by atoms with van der Waals surface area (Å²) in [6.45, 7) is 3.90. The lowest BCUT2D eigenvalue weighted by molar-refractivity contribution is -0.128. The average Bonchev–Trinajstić information content (AvgIpc) is 2.47. The molecule has 5 nitrogen and oxygen atoms in total. The van der Waals surface area contributed by atoms with Crippen LogP contribution in [0.3, 0.4) is 0 Å². The van der Waals surface area contributed by atoms with E-state index in [0.29, 0.717) is 11.4 Å². The largest absolute Gasteiger partial charge is 0.495 e. The fraction of sp³-hybridized carbons (Fsp3) is 0.533. The van der Waals surface area contributed by atoms with Crippen LogP contribution in [0.1, 0.15) is 19.8 Å². The first kappa shape index (κ1) is 14.8. The van der Waals surface area contributed by atoms with Crippen LogP contribution in [0.4, 0.5) is 5.69 Å². The molecule has 0 saturated carbocycles. The van der Waals surface area contributed by atoms with Gasteiger partial charge < -0.3 is 20.1 Å². The average molecular weight is 278 g/mol. The van der Waals surface area contributed by atoms with Crippen LogP contribution < -0.4 is 15.4 Å². The molecule has 2 N–H and O–H groups in total. The quantitative estimate of drug-likeness (QED) is 0.862. The van der Waals surface area contributed by atoms with Crippen molar-refractivity contribution in [2.45, 2.75) is 25.4 Å². The van der Waals surface area contributed by atoms with E-state index in [1.165, 1.54) is 0 Å². The number of para-hydroxylation sites is 2. The van der Waals surface area contributed by atoms with Crippen LogP contribution in [0.2, 0.25) is 0 Å². The van der Waals surface area contributed by atoms with Crippen molar-refractivity contribution in [1.29, 1.82) is 0 Å². The van der Waals surface area contributed by atoms with E-state index < -0.39 is 0 Å². The fourth-order valence-corrected chi connectivity index (χ4v) is 2.33. The Morgan fingerprint density at radius 3 is 2.95 bits per heavy atom. The van der Waals surface area contributed by atoms with Crippen molar-refractivity contribution in [3.05, 3.63) is 24.3 Å². The third-order valence-corrected chi connectivity index (χ3v) is 3.49. The van der Waals surface area contributed by atoms with Crippen LogP contribution in [0.15, 0.2) is 24.3 Å². The topological polar surface area (TPSA) is 59.6 Å². The minimum Gasteiger partial charge on any atom is -0.495 e. The Bertz CT molecular complexity index is 456. The second kappa shape index (κ2) is 6.72. The molecule has 1 atom stereocenters. The summed E-state index contributed by atoms with van der Waals surface area (Å²) >= 11 is 0. The van der Waals surface area contributed by atoms with Crippen molar-refractivity contribution in [2.75, 3.05) is 32.1 Å². The van der Waals surface area contributed by atoms with Gasteiger partial charge in [0.15, 0.2) is 0 Å². The molecule has 1 aliphatic heterocycles. The second-order valence-electron chi connectivity index (χ2n) is 5.27. The van der Waals surface area contributed by atoms with Gasteiger partial charge in [-0.15, -0.1) is 0 Å². The molecule has 20 heavy (non-hydrogen) atoms. The molecule has 1 heterocycles. The second-order valence-corrected chi connectivity index (χ2v) is 5.27. The lowest BCUT2D eigenvalue weighted by Crippen LogP contribution is -2.46. The standard InChI is InChI=1S/C15H22N2O3/c1-15(8-5-9-16-11-15)20-10-14(18)17-12-6-3-4-7-13(12)19-2/h3-4,6-7,16H,5,8-11H2,1-2H3,(H,17,18). The molecule has 1 aromatic carbocycles. The van der Waals surface area contributed by atoms with Gasteiger partial charge in [-0.3, -0.25) is 4.79 Å². The summed E-state index contributed by atoms with van der Waals surface area (Å²) in [5.74, 6) is 0.479. The van der Waals surface area contributed by atoms with E-state index in [0.717, 1.165) is 25.9 Å². The molecule has 1 unspecified atom stereocenters. The Morgan fingerprint density at radius 1 is 1.45 bits per heavy atom. The number of benzene rings is 1. The Kier molecular flexibility index (Phi) is 4.98. The van der Waals surface area contributed by atoms with E-state index in [1.807, 2.05) is 25.1 Å². The predicted octanol–water partition coefficient (Wildman–Crippen LogP) is 1.79. The monoisotopic (exact) mass is 278 g/mol. The zero-order chi connectivity index (χ0) is 14.4. The molecule has 1 fully saturated rings. The van der Waals surface area contributed by atoms with Crippen molar-refractivity contribution >= 4 is 11.6 Å². The number of amides is 1. The molecule has 2 rings (SSSR count). The van der Waals surface area contributed by atoms with Gasteiger partial charge in [-0.05, 0) is 38.4 Å². The number of ether oxygens (including phenoxy) is 2. The van der Waals surface area contributed by atoms with E-state index in [9.17, 15) is 4.79 Å². The number of hydrogen-bond acceptors (Lipinski definition) is 4. The van der Waals surface area contributed by atoms with Gasteiger partial charge in [-0.25, -0.2) is 0 Å². The summed E-state index contributed by atoms with van der Waals surface area (Å²) < 4.78 is 11.0. The Morgan fingerprint density at radius 2 is 2.25 bits per heavy atom. The highest BCUT2D eigenvalue weighted by Crippen LogP contribution is 2.23. The molecule has 1 aliphatic rings. The number of nitrogens with one attached hydrogen (secondary N) is 2. The molecule has 5 heteroatoms. The Balaban J connectivity index is 1.86. The molecule has 0 bridgehead atoms. The zero-order valence-electron chi connectivity index (χ0n) is 12.1. The maximum atomic E-state index is 12.0. The summed E-state index contributed by atoms with van der Waals surface area (Å²) in [7, 11) is 1.58. The number of anilines is 1. The van der Waals surface area contributed by atoms with Gasteiger partial charge >= 0.3 is 0 Å². The first-order valence-corrected chi connectivity index (χ1v) is 6.90. The highest BCUT2D eigenvalue weighted by molar-refractivity contribution is 5.93. The molecule has 1 aromatic rings. The first-order valence-electron chi connectivity index (χ1n) is 6.90. The van der Waals surface area contributed by atoms with E-state index >= 15 is 0 Å². The van der Waals surface area contributed by atoms with Crippen LogP contribution in [-0.2, 0) is 9.53 Å². The van der Waals surface area contributed by atoms with Crippen molar-refractivity contribution in [3.63, 3.8) is 0 Å². The highest BCUT2D eigenvalue weighted by Gasteiger charge is 2.28. The van der Waals surface area contributed by atoms with Crippen molar-refractivity contribution in [3.8, 4) is 5.75 Å².